The monoisotopic (exact) mass is 548 g/mol. The number of ether oxygens (including phenoxy) is 2. The number of carbonyl (C=O) groups is 2. The molecule has 0 aliphatic carbocycles. The summed E-state index contributed by atoms with van der Waals surface area (Å²) in [6.45, 7) is 3.49. The van der Waals surface area contributed by atoms with Gasteiger partial charge in [0.2, 0.25) is 0 Å². The van der Waals surface area contributed by atoms with Gasteiger partial charge in [0.05, 0.1) is 23.0 Å². The molecule has 1 unspecified atom stereocenters. The summed E-state index contributed by atoms with van der Waals surface area (Å²) in [5.41, 5.74) is 0.0486. The molecule has 0 heterocycles. The van der Waals surface area contributed by atoms with Crippen molar-refractivity contribution in [2.75, 3.05) is 13.2 Å². The van der Waals surface area contributed by atoms with Gasteiger partial charge in [0.15, 0.2) is 0 Å². The fraction of sp³-hybridized carbons (Fsp3) is 0.714. The molecule has 37 heavy (non-hydrogen) atoms. The number of hydrogen-bond acceptors (Lipinski definition) is 7. The van der Waals surface area contributed by atoms with Crippen molar-refractivity contribution >= 4 is 22.1 Å². The van der Waals surface area contributed by atoms with E-state index in [0.717, 1.165) is 19.3 Å². The summed E-state index contributed by atoms with van der Waals surface area (Å²) in [6.07, 6.45) is 17.4. The maximum atomic E-state index is 12.5. The topological polar surface area (TPSA) is 110 Å². The van der Waals surface area contributed by atoms with Crippen molar-refractivity contribution in [3.8, 4) is 0 Å². The third-order valence-electron chi connectivity index (χ3n) is 6.36. The summed E-state index contributed by atoms with van der Waals surface area (Å²) in [7, 11) is -4.57. The predicted molar refractivity (Wildman–Crippen MR) is 141 cm³/mol. The Morgan fingerprint density at radius 3 is 1.54 bits per heavy atom. The molecule has 0 fully saturated rings. The van der Waals surface area contributed by atoms with Gasteiger partial charge in [-0.25, -0.2) is 18.0 Å². The predicted octanol–water partition coefficient (Wildman–Crippen LogP) is 3.81. The summed E-state index contributed by atoms with van der Waals surface area (Å²) in [5, 5.41) is -1.32. The van der Waals surface area contributed by atoms with E-state index in [9.17, 15) is 22.6 Å². The molecule has 1 rings (SSSR count). The molecule has 0 aliphatic heterocycles. The minimum absolute atomic E-state index is 0. The molecular weight excluding hydrogens is 503 g/mol. The first kappa shape index (κ1) is 36.1. The van der Waals surface area contributed by atoms with Crippen molar-refractivity contribution in [1.29, 1.82) is 0 Å². The van der Waals surface area contributed by atoms with Crippen LogP contribution in [0.4, 0.5) is 0 Å². The Kier molecular flexibility index (Phi) is 21.4. The van der Waals surface area contributed by atoms with E-state index in [1.165, 1.54) is 89.7 Å². The van der Waals surface area contributed by atoms with Crippen LogP contribution >= 0.6 is 0 Å². The van der Waals surface area contributed by atoms with Crippen molar-refractivity contribution in [1.82, 2.24) is 0 Å². The average molecular weight is 549 g/mol. The Bertz CT molecular complexity index is 858. The van der Waals surface area contributed by atoms with E-state index in [-0.39, 0.29) is 53.7 Å². The number of rotatable bonds is 21. The quantitative estimate of drug-likeness (QED) is 0.0994. The first-order chi connectivity index (χ1) is 17.3. The zero-order chi connectivity index (χ0) is 26.7. The SMILES string of the molecule is CCCCCCCCCCCCCCCCOC(=O)c1ccccc1C(=O)OCC(CC)S(=O)(=O)[O-].[Na+]. The standard InChI is InChI=1S/C28H46O7S.Na/c1-3-5-6-7-8-9-10-11-12-13-14-15-16-19-22-34-27(29)25-20-17-18-21-26(25)28(30)35-23-24(4-2)36(31,32)33;/h17-18,20-21,24H,3-16,19,22-23H2,1-2H3,(H,31,32,33);/q;+1/p-1. The third kappa shape index (κ3) is 16.6. The first-order valence-electron chi connectivity index (χ1n) is 13.7. The molecule has 0 saturated carbocycles. The van der Waals surface area contributed by atoms with Gasteiger partial charge in [0, 0.05) is 0 Å². The number of benzene rings is 1. The van der Waals surface area contributed by atoms with E-state index in [0.29, 0.717) is 0 Å². The van der Waals surface area contributed by atoms with Gasteiger partial charge in [-0.05, 0) is 25.0 Å². The number of carbonyl (C=O) groups excluding carboxylic acids is 2. The maximum absolute atomic E-state index is 12.5. The van der Waals surface area contributed by atoms with E-state index >= 15 is 0 Å². The molecule has 7 nitrogen and oxygen atoms in total. The first-order valence-corrected chi connectivity index (χ1v) is 15.2. The molecule has 0 radical (unpaired) electrons. The maximum Gasteiger partial charge on any atom is 1.00 e. The van der Waals surface area contributed by atoms with Gasteiger partial charge in [0.25, 0.3) is 0 Å². The molecule has 0 amide bonds. The van der Waals surface area contributed by atoms with Crippen LogP contribution in [-0.4, -0.2) is 43.4 Å². The van der Waals surface area contributed by atoms with Gasteiger partial charge in [0.1, 0.15) is 16.7 Å². The smallest absolute Gasteiger partial charge is 0.748 e. The second-order valence-electron chi connectivity index (χ2n) is 9.40. The zero-order valence-corrected chi connectivity index (χ0v) is 26.0. The van der Waals surface area contributed by atoms with Crippen LogP contribution in [0.5, 0.6) is 0 Å². The molecular formula is C28H45NaO7S. The molecule has 0 spiro atoms. The fourth-order valence-electron chi connectivity index (χ4n) is 4.03. The van der Waals surface area contributed by atoms with Crippen LogP contribution in [0.15, 0.2) is 24.3 Å². The molecule has 9 heteroatoms. The number of hydrogen-bond donors (Lipinski definition) is 0. The summed E-state index contributed by atoms with van der Waals surface area (Å²) in [4.78, 5) is 24.9. The van der Waals surface area contributed by atoms with Gasteiger partial charge in [-0.1, -0.05) is 109 Å². The van der Waals surface area contributed by atoms with Gasteiger partial charge in [-0.2, -0.15) is 0 Å². The number of unbranched alkanes of at least 4 members (excludes halogenated alkanes) is 13. The van der Waals surface area contributed by atoms with E-state index in [4.69, 9.17) is 9.47 Å². The summed E-state index contributed by atoms with van der Waals surface area (Å²) in [6, 6.07) is 6.06. The van der Waals surface area contributed by atoms with E-state index in [1.807, 2.05) is 0 Å². The molecule has 1 aromatic rings. The average Bonchev–Trinajstić information content (AvgIpc) is 2.85. The molecule has 0 aromatic heterocycles. The molecule has 206 valence electrons. The van der Waals surface area contributed by atoms with Gasteiger partial charge >= 0.3 is 41.5 Å². The van der Waals surface area contributed by atoms with Gasteiger partial charge in [-0.3, -0.25) is 0 Å². The second-order valence-corrected chi connectivity index (χ2v) is 11.1. The largest absolute Gasteiger partial charge is 1.00 e. The Morgan fingerprint density at radius 2 is 1.14 bits per heavy atom. The van der Waals surface area contributed by atoms with Crippen LogP contribution in [0, 0.1) is 0 Å². The summed E-state index contributed by atoms with van der Waals surface area (Å²) >= 11 is 0. The van der Waals surface area contributed by atoms with Crippen LogP contribution < -0.4 is 29.6 Å². The molecule has 0 bridgehead atoms. The van der Waals surface area contributed by atoms with Gasteiger partial charge in [-0.15, -0.1) is 0 Å². The van der Waals surface area contributed by atoms with Crippen molar-refractivity contribution in [2.45, 2.75) is 115 Å². The van der Waals surface area contributed by atoms with Crippen LogP contribution in [-0.2, 0) is 19.6 Å². The normalized spacial score (nSPS) is 12.0. The molecule has 1 aromatic carbocycles. The van der Waals surface area contributed by atoms with Gasteiger partial charge < -0.3 is 14.0 Å². The van der Waals surface area contributed by atoms with E-state index < -0.39 is 33.9 Å². The molecule has 1 atom stereocenters. The Hall–Kier alpha value is -0.930. The fourth-order valence-corrected chi connectivity index (χ4v) is 4.67. The van der Waals surface area contributed by atoms with Crippen LogP contribution in [0.25, 0.3) is 0 Å². The van der Waals surface area contributed by atoms with Crippen molar-refractivity contribution < 1.29 is 61.6 Å². The Morgan fingerprint density at radius 1 is 0.730 bits per heavy atom. The van der Waals surface area contributed by atoms with Crippen LogP contribution in [0.2, 0.25) is 0 Å². The molecule has 0 saturated heterocycles. The summed E-state index contributed by atoms with van der Waals surface area (Å²) in [5.74, 6) is -1.48. The third-order valence-corrected chi connectivity index (χ3v) is 7.65. The Balaban J connectivity index is 0.0000130. The van der Waals surface area contributed by atoms with Crippen LogP contribution in [0.3, 0.4) is 0 Å². The van der Waals surface area contributed by atoms with Crippen molar-refractivity contribution in [3.63, 3.8) is 0 Å². The molecule has 0 aliphatic rings. The Labute approximate surface area is 246 Å². The van der Waals surface area contributed by atoms with Crippen molar-refractivity contribution in [2.24, 2.45) is 0 Å². The van der Waals surface area contributed by atoms with Crippen LogP contribution in [0.1, 0.15) is 131 Å². The van der Waals surface area contributed by atoms with E-state index in [1.54, 1.807) is 12.1 Å². The zero-order valence-electron chi connectivity index (χ0n) is 23.2. The van der Waals surface area contributed by atoms with Crippen molar-refractivity contribution in [3.05, 3.63) is 35.4 Å². The minimum atomic E-state index is -4.57. The second kappa shape index (κ2) is 21.9. The van der Waals surface area contributed by atoms with E-state index in [2.05, 4.69) is 6.92 Å². The minimum Gasteiger partial charge on any atom is -0.748 e. The molecule has 0 N–H and O–H groups in total. The number of esters is 2. The summed E-state index contributed by atoms with van der Waals surface area (Å²) < 4.78 is 43.9.